The number of aliphatic hydroxyl groups is 7. The van der Waals surface area contributed by atoms with Gasteiger partial charge in [-0.1, -0.05) is 46.5 Å². The average Bonchev–Trinajstić information content (AvgIpc) is 4.01. The molecule has 3 aliphatic heterocycles. The molecule has 4 unspecified atom stereocenters. The molecule has 2 aromatic heterocycles. The summed E-state index contributed by atoms with van der Waals surface area (Å²) >= 11 is 1.08. The Hall–Kier alpha value is -3.78. The van der Waals surface area contributed by atoms with Crippen LogP contribution in [0.25, 0.3) is 11.3 Å². The highest BCUT2D eigenvalue weighted by atomic mass is 32.1. The van der Waals surface area contributed by atoms with Gasteiger partial charge in [0.1, 0.15) is 71.3 Å². The fourth-order valence-corrected chi connectivity index (χ4v) is 7.45. The molecule has 11 atom stereocenters. The molecule has 6 rings (SSSR count). The van der Waals surface area contributed by atoms with Gasteiger partial charge in [-0.05, 0) is 32.1 Å². The minimum absolute atomic E-state index is 0.160. The number of anilines is 1. The number of aromatic nitrogens is 5. The molecule has 0 bridgehead atoms. The molecule has 0 radical (unpaired) electrons. The predicted octanol–water partition coefficient (Wildman–Crippen LogP) is -1.26. The fourth-order valence-electron chi connectivity index (χ4n) is 6.86. The van der Waals surface area contributed by atoms with E-state index < -0.39 is 86.8 Å². The zero-order valence-electron chi connectivity index (χ0n) is 30.9. The molecule has 5 heterocycles. The lowest BCUT2D eigenvalue weighted by atomic mass is 9.97. The van der Waals surface area contributed by atoms with Crippen LogP contribution in [0.5, 0.6) is 0 Å². The van der Waals surface area contributed by atoms with Gasteiger partial charge in [-0.3, -0.25) is 14.4 Å². The topological polar surface area (TPSA) is 294 Å². The maximum absolute atomic E-state index is 13.1. The summed E-state index contributed by atoms with van der Waals surface area (Å²) in [6.45, 7) is -0.359. The second kappa shape index (κ2) is 20.3. The maximum Gasteiger partial charge on any atom is 0.410 e. The van der Waals surface area contributed by atoms with E-state index in [4.69, 9.17) is 23.7 Å². The summed E-state index contributed by atoms with van der Waals surface area (Å²) in [5.41, 5.74) is 1.81. The Morgan fingerprint density at radius 1 is 0.877 bits per heavy atom. The molecule has 8 N–H and O–H groups in total. The number of aliphatic hydroxyl groups excluding tert-OH is 7. The molecule has 314 valence electrons. The number of hydrogen-bond acceptors (Lipinski definition) is 19. The third-order valence-corrected chi connectivity index (χ3v) is 10.7. The third kappa shape index (κ3) is 10.5. The van der Waals surface area contributed by atoms with Crippen molar-refractivity contribution in [2.45, 2.75) is 119 Å². The van der Waals surface area contributed by atoms with E-state index in [0.29, 0.717) is 48.7 Å². The van der Waals surface area contributed by atoms with Crippen molar-refractivity contribution >= 4 is 28.5 Å². The molecule has 1 aromatic carbocycles. The molecular weight excluding hydrogens is 774 g/mol. The molecule has 2 amide bonds. The van der Waals surface area contributed by atoms with Crippen molar-refractivity contribution in [3.8, 4) is 11.3 Å². The van der Waals surface area contributed by atoms with Crippen molar-refractivity contribution in [3.05, 3.63) is 42.2 Å². The molecular formula is C35H49N7O14S. The van der Waals surface area contributed by atoms with E-state index in [9.17, 15) is 45.3 Å². The van der Waals surface area contributed by atoms with Crippen molar-refractivity contribution in [1.82, 2.24) is 29.5 Å². The van der Waals surface area contributed by atoms with Crippen molar-refractivity contribution in [3.63, 3.8) is 0 Å². The van der Waals surface area contributed by atoms with Gasteiger partial charge in [0.25, 0.3) is 0 Å². The lowest BCUT2D eigenvalue weighted by Crippen LogP contribution is -2.64. The molecule has 3 aromatic rings. The van der Waals surface area contributed by atoms with Crippen LogP contribution in [0.1, 0.15) is 44.2 Å². The molecule has 3 saturated heterocycles. The quantitative estimate of drug-likeness (QED) is 0.0737. The highest BCUT2D eigenvalue weighted by molar-refractivity contribution is 7.10. The van der Waals surface area contributed by atoms with Gasteiger partial charge >= 0.3 is 6.09 Å². The second-order valence-electron chi connectivity index (χ2n) is 14.0. The first kappa shape index (κ1) is 42.8. The molecule has 0 aliphatic carbocycles. The normalized spacial score (nSPS) is 30.4. The van der Waals surface area contributed by atoms with E-state index in [-0.39, 0.29) is 19.1 Å². The summed E-state index contributed by atoms with van der Waals surface area (Å²) in [7, 11) is 0. The summed E-state index contributed by atoms with van der Waals surface area (Å²) < 4.78 is 33.3. The Bertz CT molecular complexity index is 1720. The van der Waals surface area contributed by atoms with E-state index in [2.05, 4.69) is 25.2 Å². The smallest absolute Gasteiger partial charge is 0.410 e. The highest BCUT2D eigenvalue weighted by Gasteiger charge is 2.50. The molecule has 3 fully saturated rings. The number of likely N-dealkylation sites (tertiary alicyclic amines) is 1. The zero-order valence-corrected chi connectivity index (χ0v) is 31.7. The van der Waals surface area contributed by atoms with E-state index in [1.54, 1.807) is 10.9 Å². The standard InChI is InChI=1S/C35H49N7O14S/c43-16-22-25(45)26(46)28(48)34(54-22)56-30-23(17-44)55-33(29(49)27(30)47)53-18-20-15-41(39-37-20)12-6-1-2-7-14-52-35(51)42-13-8-11-21(42)31(50)36-32-24(38-40-57-32)19-9-4-3-5-10-19/h3-5,9-10,15,21-23,25-30,33-34,43-49H,1-2,6-8,11-14,16-18H2,(H,36,50)/t21-,22?,23?,25-,26-,27+,28?,29?,30+,33+,34-/m0/s1. The number of carbonyl (C=O) groups is 2. The summed E-state index contributed by atoms with van der Waals surface area (Å²) in [6.07, 6.45) is -10.2. The van der Waals surface area contributed by atoms with Gasteiger partial charge in [-0.2, -0.15) is 0 Å². The van der Waals surface area contributed by atoms with Crippen LogP contribution in [0.4, 0.5) is 9.80 Å². The van der Waals surface area contributed by atoms with Crippen LogP contribution < -0.4 is 5.32 Å². The predicted molar refractivity (Wildman–Crippen MR) is 195 cm³/mol. The SMILES string of the molecule is O=C(Nc1snnc1-c1ccccc1)[C@@H]1CCCN1C(=O)OCCCCCCn1cc(CO[C@@H]2OC(CO)[C@@H](O[C@@H]3OC(CO)[C@H](O)[C@H](O)C3O)[C@H](O)C2O)nn1. The van der Waals surface area contributed by atoms with Crippen molar-refractivity contribution < 1.29 is 69.0 Å². The minimum Gasteiger partial charge on any atom is -0.449 e. The first-order valence-corrected chi connectivity index (χ1v) is 19.6. The second-order valence-corrected chi connectivity index (χ2v) is 14.7. The van der Waals surface area contributed by atoms with Crippen LogP contribution in [0.2, 0.25) is 0 Å². The Morgan fingerprint density at radius 2 is 1.61 bits per heavy atom. The number of nitrogens with zero attached hydrogens (tertiary/aromatic N) is 6. The van der Waals surface area contributed by atoms with Crippen molar-refractivity contribution in [2.75, 3.05) is 31.7 Å². The molecule has 0 saturated carbocycles. The molecule has 57 heavy (non-hydrogen) atoms. The number of benzene rings is 1. The monoisotopic (exact) mass is 823 g/mol. The van der Waals surface area contributed by atoms with Gasteiger partial charge in [0.05, 0.1) is 32.6 Å². The van der Waals surface area contributed by atoms with Crippen LogP contribution >= 0.6 is 11.5 Å². The Kier molecular flexibility index (Phi) is 15.2. The molecule has 21 nitrogen and oxygen atoms in total. The van der Waals surface area contributed by atoms with Gasteiger partial charge in [0.2, 0.25) is 5.91 Å². The molecule has 0 spiro atoms. The number of rotatable bonds is 17. The summed E-state index contributed by atoms with van der Waals surface area (Å²) in [4.78, 5) is 27.5. The van der Waals surface area contributed by atoms with E-state index in [1.807, 2.05) is 30.3 Å². The lowest BCUT2D eigenvalue weighted by Gasteiger charge is -2.45. The van der Waals surface area contributed by atoms with Crippen LogP contribution in [0, 0.1) is 0 Å². The Balaban J connectivity index is 0.867. The van der Waals surface area contributed by atoms with Crippen molar-refractivity contribution in [1.29, 1.82) is 0 Å². The number of aryl methyl sites for hydroxylation is 1. The Labute approximate surface area is 330 Å². The molecule has 22 heteroatoms. The summed E-state index contributed by atoms with van der Waals surface area (Å²) in [6, 6.07) is 8.76. The average molecular weight is 824 g/mol. The van der Waals surface area contributed by atoms with Gasteiger partial charge in [-0.15, -0.1) is 10.2 Å². The van der Waals surface area contributed by atoms with E-state index in [0.717, 1.165) is 36.4 Å². The number of hydrogen-bond donors (Lipinski definition) is 8. The zero-order chi connectivity index (χ0) is 40.5. The number of unbranched alkanes of at least 4 members (excludes halogenated alkanes) is 3. The van der Waals surface area contributed by atoms with E-state index >= 15 is 0 Å². The highest BCUT2D eigenvalue weighted by Crippen LogP contribution is 2.31. The van der Waals surface area contributed by atoms with Crippen LogP contribution in [-0.4, -0.2) is 171 Å². The number of nitrogens with one attached hydrogen (secondary N) is 1. The van der Waals surface area contributed by atoms with Crippen molar-refractivity contribution in [2.24, 2.45) is 0 Å². The first-order valence-electron chi connectivity index (χ1n) is 18.8. The number of ether oxygens (including phenoxy) is 5. The lowest BCUT2D eigenvalue weighted by molar-refractivity contribution is -0.360. The largest absolute Gasteiger partial charge is 0.449 e. The molecule has 3 aliphatic rings. The van der Waals surface area contributed by atoms with E-state index in [1.165, 1.54) is 4.90 Å². The third-order valence-electron chi connectivity index (χ3n) is 10.0. The summed E-state index contributed by atoms with van der Waals surface area (Å²) in [5.74, 6) is -0.305. The van der Waals surface area contributed by atoms with Gasteiger partial charge in [-0.25, -0.2) is 4.79 Å². The number of carbonyl (C=O) groups excluding carboxylic acids is 2. The fraction of sp³-hybridized carbons (Fsp3) is 0.657. The summed E-state index contributed by atoms with van der Waals surface area (Å²) in [5, 5.41) is 86.9. The van der Waals surface area contributed by atoms with Gasteiger partial charge in [0.15, 0.2) is 12.6 Å². The maximum atomic E-state index is 13.1. The first-order chi connectivity index (χ1) is 27.6. The Morgan fingerprint density at radius 3 is 2.39 bits per heavy atom. The number of amides is 2. The van der Waals surface area contributed by atoms with Gasteiger partial charge < -0.3 is 64.7 Å². The van der Waals surface area contributed by atoms with Crippen LogP contribution in [0.3, 0.4) is 0 Å². The van der Waals surface area contributed by atoms with Crippen LogP contribution in [0.15, 0.2) is 36.5 Å². The minimum atomic E-state index is -1.77. The van der Waals surface area contributed by atoms with Crippen LogP contribution in [-0.2, 0) is 41.6 Å². The van der Waals surface area contributed by atoms with Gasteiger partial charge in [0, 0.05) is 30.2 Å².